The fraction of sp³-hybridized carbons (Fsp3) is 0.727. The fourth-order valence-corrected chi connectivity index (χ4v) is 3.36. The zero-order valence-corrected chi connectivity index (χ0v) is 9.56. The van der Waals surface area contributed by atoms with Crippen molar-refractivity contribution in [2.45, 2.75) is 43.4 Å². The van der Waals surface area contributed by atoms with Gasteiger partial charge in [0.1, 0.15) is 5.78 Å². The summed E-state index contributed by atoms with van der Waals surface area (Å²) in [6.45, 7) is 2.20. The van der Waals surface area contributed by atoms with Gasteiger partial charge in [-0.1, -0.05) is 27.6 Å². The second-order valence-electron chi connectivity index (χ2n) is 4.44. The molecule has 13 heavy (non-hydrogen) atoms. The topological polar surface area (TPSA) is 17.1 Å². The van der Waals surface area contributed by atoms with Crippen LogP contribution in [-0.4, -0.2) is 10.1 Å². The van der Waals surface area contributed by atoms with Crippen molar-refractivity contribution in [2.24, 2.45) is 5.92 Å². The first-order valence-corrected chi connectivity index (χ1v) is 5.76. The lowest BCUT2D eigenvalue weighted by Crippen LogP contribution is -2.40. The molecule has 0 aromatic heterocycles. The molecule has 0 aliphatic heterocycles. The number of halogens is 1. The molecule has 1 nitrogen and oxygen atoms in total. The van der Waals surface area contributed by atoms with Gasteiger partial charge < -0.3 is 0 Å². The van der Waals surface area contributed by atoms with Gasteiger partial charge in [0, 0.05) is 17.2 Å². The Kier molecular flexibility index (Phi) is 2.35. The van der Waals surface area contributed by atoms with E-state index in [1.54, 1.807) is 0 Å². The van der Waals surface area contributed by atoms with Gasteiger partial charge in [-0.3, -0.25) is 4.79 Å². The second kappa shape index (κ2) is 3.23. The molecule has 0 radical (unpaired) electrons. The molecule has 0 spiro atoms. The second-order valence-corrected chi connectivity index (χ2v) is 6.02. The average molecular weight is 243 g/mol. The predicted molar refractivity (Wildman–Crippen MR) is 57.0 cm³/mol. The van der Waals surface area contributed by atoms with Crippen LogP contribution in [0.4, 0.5) is 0 Å². The van der Waals surface area contributed by atoms with Crippen LogP contribution < -0.4 is 0 Å². The maximum Gasteiger partial charge on any atom is 0.134 e. The average Bonchev–Trinajstić information content (AvgIpc) is 2.06. The fourth-order valence-electron chi connectivity index (χ4n) is 2.49. The Hall–Kier alpha value is -0.110. The Labute approximate surface area is 87.7 Å². The maximum absolute atomic E-state index is 11.4. The summed E-state index contributed by atoms with van der Waals surface area (Å²) in [6.07, 6.45) is 7.11. The van der Waals surface area contributed by atoms with E-state index >= 15 is 0 Å². The van der Waals surface area contributed by atoms with Crippen molar-refractivity contribution < 1.29 is 4.79 Å². The largest absolute Gasteiger partial charge is 0.300 e. The first-order chi connectivity index (χ1) is 6.10. The standard InChI is InChI=1S/C11H15BrO/c1-8-4-5-11(12)7-10(13)3-2-9(11)6-8/h4,9H,2-3,5-7H2,1H3/t9-,11+/m1/s1. The van der Waals surface area contributed by atoms with Crippen molar-refractivity contribution in [3.05, 3.63) is 11.6 Å². The van der Waals surface area contributed by atoms with Crippen molar-refractivity contribution in [2.75, 3.05) is 0 Å². The third-order valence-corrected chi connectivity index (χ3v) is 4.60. The normalized spacial score (nSPS) is 39.7. The summed E-state index contributed by atoms with van der Waals surface area (Å²) in [5, 5.41) is 0. The lowest BCUT2D eigenvalue weighted by atomic mass is 9.71. The first kappa shape index (κ1) is 9.45. The van der Waals surface area contributed by atoms with Crippen LogP contribution in [0.1, 0.15) is 39.0 Å². The van der Waals surface area contributed by atoms with Crippen LogP contribution in [0.5, 0.6) is 0 Å². The number of Topliss-reactive ketones (excluding diaryl/α,β-unsaturated/α-hetero) is 1. The van der Waals surface area contributed by atoms with Gasteiger partial charge in [0.15, 0.2) is 0 Å². The van der Waals surface area contributed by atoms with E-state index < -0.39 is 0 Å². The minimum atomic E-state index is 0.113. The number of fused-ring (bicyclic) bond motifs is 1. The van der Waals surface area contributed by atoms with E-state index in [1.807, 2.05) is 0 Å². The van der Waals surface area contributed by atoms with E-state index in [-0.39, 0.29) is 4.32 Å². The van der Waals surface area contributed by atoms with Gasteiger partial charge in [-0.15, -0.1) is 0 Å². The molecular formula is C11H15BrO. The lowest BCUT2D eigenvalue weighted by molar-refractivity contribution is -0.121. The maximum atomic E-state index is 11.4. The Morgan fingerprint density at radius 2 is 2.38 bits per heavy atom. The Morgan fingerprint density at radius 3 is 3.15 bits per heavy atom. The van der Waals surface area contributed by atoms with E-state index in [1.165, 1.54) is 12.0 Å². The van der Waals surface area contributed by atoms with Gasteiger partial charge >= 0.3 is 0 Å². The molecule has 2 atom stereocenters. The van der Waals surface area contributed by atoms with Gasteiger partial charge in [0.05, 0.1) is 0 Å². The molecule has 0 bridgehead atoms. The highest BCUT2D eigenvalue weighted by Gasteiger charge is 2.42. The number of hydrogen-bond donors (Lipinski definition) is 0. The minimum Gasteiger partial charge on any atom is -0.300 e. The molecule has 1 fully saturated rings. The van der Waals surface area contributed by atoms with Crippen molar-refractivity contribution in [3.63, 3.8) is 0 Å². The molecule has 2 aliphatic rings. The SMILES string of the molecule is CC1=CC[C@]2(Br)CC(=O)CC[C@@H]2C1. The summed E-state index contributed by atoms with van der Waals surface area (Å²) in [6, 6.07) is 0. The monoisotopic (exact) mass is 242 g/mol. The smallest absolute Gasteiger partial charge is 0.134 e. The Morgan fingerprint density at radius 1 is 1.62 bits per heavy atom. The summed E-state index contributed by atoms with van der Waals surface area (Å²) in [7, 11) is 0. The van der Waals surface area contributed by atoms with E-state index in [0.29, 0.717) is 11.7 Å². The summed E-state index contributed by atoms with van der Waals surface area (Å²) in [5.74, 6) is 1.12. The summed E-state index contributed by atoms with van der Waals surface area (Å²) >= 11 is 3.78. The van der Waals surface area contributed by atoms with Gasteiger partial charge in [0.2, 0.25) is 0 Å². The molecule has 1 saturated carbocycles. The molecule has 0 N–H and O–H groups in total. The summed E-state index contributed by atoms with van der Waals surface area (Å²) in [4.78, 5) is 11.4. The molecule has 72 valence electrons. The molecule has 0 heterocycles. The minimum absolute atomic E-state index is 0.113. The third-order valence-electron chi connectivity index (χ3n) is 3.35. The summed E-state index contributed by atoms with van der Waals surface area (Å²) in [5.41, 5.74) is 1.49. The van der Waals surface area contributed by atoms with Gasteiger partial charge in [-0.2, -0.15) is 0 Å². The molecule has 0 aromatic carbocycles. The molecular weight excluding hydrogens is 228 g/mol. The van der Waals surface area contributed by atoms with Crippen LogP contribution in [0.3, 0.4) is 0 Å². The van der Waals surface area contributed by atoms with Crippen molar-refractivity contribution in [3.8, 4) is 0 Å². The van der Waals surface area contributed by atoms with Gasteiger partial charge in [-0.05, 0) is 32.1 Å². The molecule has 0 unspecified atom stereocenters. The van der Waals surface area contributed by atoms with E-state index in [2.05, 4.69) is 28.9 Å². The van der Waals surface area contributed by atoms with Crippen molar-refractivity contribution in [1.29, 1.82) is 0 Å². The van der Waals surface area contributed by atoms with Crippen LogP contribution in [0.2, 0.25) is 0 Å². The quantitative estimate of drug-likeness (QED) is 0.471. The Balaban J connectivity index is 2.20. The highest BCUT2D eigenvalue weighted by molar-refractivity contribution is 9.10. The highest BCUT2D eigenvalue weighted by Crippen LogP contribution is 2.47. The van der Waals surface area contributed by atoms with Gasteiger partial charge in [-0.25, -0.2) is 0 Å². The number of rotatable bonds is 0. The molecule has 2 rings (SSSR count). The first-order valence-electron chi connectivity index (χ1n) is 4.96. The summed E-state index contributed by atoms with van der Waals surface area (Å²) < 4.78 is 0.113. The zero-order chi connectivity index (χ0) is 9.47. The third kappa shape index (κ3) is 1.74. The number of hydrogen-bond acceptors (Lipinski definition) is 1. The van der Waals surface area contributed by atoms with Crippen LogP contribution in [0.25, 0.3) is 0 Å². The van der Waals surface area contributed by atoms with Crippen LogP contribution >= 0.6 is 15.9 Å². The van der Waals surface area contributed by atoms with Crippen LogP contribution in [-0.2, 0) is 4.79 Å². The zero-order valence-electron chi connectivity index (χ0n) is 7.98. The molecule has 2 aliphatic carbocycles. The number of alkyl halides is 1. The van der Waals surface area contributed by atoms with E-state index in [0.717, 1.165) is 25.7 Å². The van der Waals surface area contributed by atoms with E-state index in [4.69, 9.17) is 0 Å². The molecule has 2 heteroatoms. The Bertz CT molecular complexity index is 269. The predicted octanol–water partition coefficient (Wildman–Crippen LogP) is 3.23. The number of ketones is 1. The number of carbonyl (C=O) groups is 1. The number of carbonyl (C=O) groups excluding carboxylic acids is 1. The van der Waals surface area contributed by atoms with Crippen LogP contribution in [0, 0.1) is 5.92 Å². The molecule has 0 amide bonds. The molecule has 0 saturated heterocycles. The van der Waals surface area contributed by atoms with Crippen LogP contribution in [0.15, 0.2) is 11.6 Å². The van der Waals surface area contributed by atoms with Crippen molar-refractivity contribution in [1.82, 2.24) is 0 Å². The lowest BCUT2D eigenvalue weighted by Gasteiger charge is -2.41. The van der Waals surface area contributed by atoms with Gasteiger partial charge in [0.25, 0.3) is 0 Å². The van der Waals surface area contributed by atoms with Crippen molar-refractivity contribution >= 4 is 21.7 Å². The van der Waals surface area contributed by atoms with E-state index in [9.17, 15) is 4.79 Å². The number of allylic oxidation sites excluding steroid dienone is 2. The highest BCUT2D eigenvalue weighted by atomic mass is 79.9. The molecule has 0 aromatic rings.